The molecule has 0 amide bonds. The molecule has 1 fully saturated rings. The molecule has 1 saturated carbocycles. The monoisotopic (exact) mass is 254 g/mol. The van der Waals surface area contributed by atoms with Gasteiger partial charge in [-0.25, -0.2) is 0 Å². The molecule has 2 aliphatic carbocycles. The first-order valence-corrected chi connectivity index (χ1v) is 6.90. The highest BCUT2D eigenvalue weighted by molar-refractivity contribution is 5.19. The Morgan fingerprint density at radius 1 is 1.39 bits per heavy atom. The lowest BCUT2D eigenvalue weighted by molar-refractivity contribution is -0.200. The van der Waals surface area contributed by atoms with Gasteiger partial charge in [0.2, 0.25) is 0 Å². The van der Waals surface area contributed by atoms with E-state index in [1.165, 1.54) is 5.57 Å². The molecular weight excluding hydrogens is 228 g/mol. The first-order chi connectivity index (χ1) is 8.11. The largest absolute Gasteiger partial charge is 0.390 e. The number of hydrogen-bond donors (Lipinski definition) is 3. The zero-order chi connectivity index (χ0) is 13.8. The third kappa shape index (κ3) is 1.84. The maximum absolute atomic E-state index is 10.9. The quantitative estimate of drug-likeness (QED) is 0.627. The zero-order valence-electron chi connectivity index (χ0n) is 11.9. The fraction of sp³-hybridized carbons (Fsp3) is 0.867. The van der Waals surface area contributed by atoms with Crippen LogP contribution in [0.3, 0.4) is 0 Å². The summed E-state index contributed by atoms with van der Waals surface area (Å²) in [6.07, 6.45) is 4.57. The fourth-order valence-electron chi connectivity index (χ4n) is 4.01. The molecule has 0 saturated heterocycles. The van der Waals surface area contributed by atoms with E-state index in [4.69, 9.17) is 0 Å². The summed E-state index contributed by atoms with van der Waals surface area (Å²) in [5.74, 6) is -0.0614. The van der Waals surface area contributed by atoms with Gasteiger partial charge in [-0.2, -0.15) is 0 Å². The van der Waals surface area contributed by atoms with Gasteiger partial charge < -0.3 is 15.3 Å². The Bertz CT molecular complexity index is 368. The van der Waals surface area contributed by atoms with Crippen molar-refractivity contribution in [1.29, 1.82) is 0 Å². The summed E-state index contributed by atoms with van der Waals surface area (Å²) < 4.78 is 0. The van der Waals surface area contributed by atoms with Crippen LogP contribution in [0.2, 0.25) is 0 Å². The van der Waals surface area contributed by atoms with E-state index in [9.17, 15) is 15.3 Å². The van der Waals surface area contributed by atoms with Crippen LogP contribution in [-0.4, -0.2) is 32.6 Å². The van der Waals surface area contributed by atoms with Crippen LogP contribution in [0.25, 0.3) is 0 Å². The molecule has 0 spiro atoms. The van der Waals surface area contributed by atoms with Crippen molar-refractivity contribution in [1.82, 2.24) is 0 Å². The molecule has 4 atom stereocenters. The number of hydrogen-bond acceptors (Lipinski definition) is 3. The van der Waals surface area contributed by atoms with Crippen LogP contribution >= 0.6 is 0 Å². The molecule has 0 bridgehead atoms. The third-order valence-corrected chi connectivity index (χ3v) is 5.26. The molecule has 3 heteroatoms. The van der Waals surface area contributed by atoms with E-state index in [2.05, 4.69) is 19.9 Å². The summed E-state index contributed by atoms with van der Waals surface area (Å²) in [4.78, 5) is 0. The lowest BCUT2D eigenvalue weighted by Gasteiger charge is -2.45. The third-order valence-electron chi connectivity index (χ3n) is 5.26. The normalized spacial score (nSPS) is 45.4. The molecule has 3 nitrogen and oxygen atoms in total. The van der Waals surface area contributed by atoms with Crippen molar-refractivity contribution in [2.75, 3.05) is 0 Å². The van der Waals surface area contributed by atoms with Gasteiger partial charge in [-0.1, -0.05) is 18.6 Å². The highest BCUT2D eigenvalue weighted by Crippen LogP contribution is 2.58. The predicted octanol–water partition coefficient (Wildman–Crippen LogP) is 2.01. The minimum Gasteiger partial charge on any atom is -0.390 e. The van der Waals surface area contributed by atoms with Crippen molar-refractivity contribution in [3.8, 4) is 0 Å². The van der Waals surface area contributed by atoms with E-state index in [-0.39, 0.29) is 11.3 Å². The smallest absolute Gasteiger partial charge is 0.122 e. The number of fused-ring (bicyclic) bond motifs is 1. The van der Waals surface area contributed by atoms with Crippen LogP contribution in [0.5, 0.6) is 0 Å². The molecule has 18 heavy (non-hydrogen) atoms. The summed E-state index contributed by atoms with van der Waals surface area (Å²) in [6.45, 7) is 7.45. The van der Waals surface area contributed by atoms with Crippen molar-refractivity contribution in [2.24, 2.45) is 11.3 Å². The van der Waals surface area contributed by atoms with Crippen molar-refractivity contribution < 1.29 is 15.3 Å². The van der Waals surface area contributed by atoms with Crippen LogP contribution < -0.4 is 0 Å². The van der Waals surface area contributed by atoms with Crippen LogP contribution in [-0.2, 0) is 0 Å². The molecule has 0 aromatic rings. The van der Waals surface area contributed by atoms with E-state index in [1.54, 1.807) is 13.8 Å². The molecule has 0 aliphatic heterocycles. The van der Waals surface area contributed by atoms with Gasteiger partial charge in [0.05, 0.1) is 11.7 Å². The second-order valence-corrected chi connectivity index (χ2v) is 7.10. The predicted molar refractivity (Wildman–Crippen MR) is 71.1 cm³/mol. The van der Waals surface area contributed by atoms with Crippen molar-refractivity contribution in [3.05, 3.63) is 11.6 Å². The average molecular weight is 254 g/mol. The van der Waals surface area contributed by atoms with Gasteiger partial charge in [0.15, 0.2) is 0 Å². The zero-order valence-corrected chi connectivity index (χ0v) is 11.9. The summed E-state index contributed by atoms with van der Waals surface area (Å²) in [6, 6.07) is 0. The van der Waals surface area contributed by atoms with Gasteiger partial charge in [-0.3, -0.25) is 0 Å². The molecule has 2 aliphatic rings. The summed E-state index contributed by atoms with van der Waals surface area (Å²) in [7, 11) is 0. The van der Waals surface area contributed by atoms with E-state index >= 15 is 0 Å². The highest BCUT2D eigenvalue weighted by atomic mass is 16.4. The van der Waals surface area contributed by atoms with Gasteiger partial charge in [0.1, 0.15) is 5.60 Å². The topological polar surface area (TPSA) is 60.7 Å². The number of aliphatic hydroxyl groups is 3. The average Bonchev–Trinajstić information content (AvgIpc) is 2.33. The molecule has 0 unspecified atom stereocenters. The van der Waals surface area contributed by atoms with Gasteiger partial charge in [-0.05, 0) is 57.8 Å². The van der Waals surface area contributed by atoms with Gasteiger partial charge in [-0.15, -0.1) is 0 Å². The first kappa shape index (κ1) is 14.0. The van der Waals surface area contributed by atoms with Gasteiger partial charge in [0.25, 0.3) is 0 Å². The molecule has 0 radical (unpaired) electrons. The van der Waals surface area contributed by atoms with Crippen LogP contribution in [0, 0.1) is 11.3 Å². The van der Waals surface area contributed by atoms with Crippen LogP contribution in [0.15, 0.2) is 11.6 Å². The fourth-order valence-corrected chi connectivity index (χ4v) is 4.01. The summed E-state index contributed by atoms with van der Waals surface area (Å²) >= 11 is 0. The number of rotatable bonds is 1. The Morgan fingerprint density at radius 3 is 2.56 bits per heavy atom. The Labute approximate surface area is 110 Å². The van der Waals surface area contributed by atoms with E-state index in [0.717, 1.165) is 19.3 Å². The summed E-state index contributed by atoms with van der Waals surface area (Å²) in [5.41, 5.74) is -1.46. The van der Waals surface area contributed by atoms with Gasteiger partial charge in [0, 0.05) is 0 Å². The molecule has 2 rings (SSSR count). The first-order valence-electron chi connectivity index (χ1n) is 6.90. The Kier molecular flexibility index (Phi) is 3.16. The Hall–Kier alpha value is -0.380. The highest BCUT2D eigenvalue weighted by Gasteiger charge is 2.64. The molecule has 0 aromatic heterocycles. The SMILES string of the molecule is CC1=CC[C@]2(C)C[C@@H](O)[C@](O)(C(C)(C)O)[C@H]2CC1. The number of aliphatic hydroxyl groups excluding tert-OH is 1. The summed E-state index contributed by atoms with van der Waals surface area (Å²) in [5, 5.41) is 31.6. The van der Waals surface area contributed by atoms with E-state index in [1.807, 2.05) is 0 Å². The second-order valence-electron chi connectivity index (χ2n) is 7.10. The van der Waals surface area contributed by atoms with E-state index in [0.29, 0.717) is 6.42 Å². The lowest BCUT2D eigenvalue weighted by atomic mass is 9.67. The van der Waals surface area contributed by atoms with Crippen LogP contribution in [0.4, 0.5) is 0 Å². The van der Waals surface area contributed by atoms with E-state index < -0.39 is 17.3 Å². The minimum absolute atomic E-state index is 0.0614. The lowest BCUT2D eigenvalue weighted by Crippen LogP contribution is -2.60. The standard InChI is InChI=1S/C15H26O3/c1-10-5-6-11-14(4,8-7-10)9-12(16)15(11,18)13(2,3)17/h7,11-12,16-18H,5-6,8-9H2,1-4H3/t11-,12+,14+,15-/m0/s1. The Balaban J connectivity index is 2.42. The van der Waals surface area contributed by atoms with Crippen molar-refractivity contribution in [2.45, 2.75) is 70.7 Å². The van der Waals surface area contributed by atoms with Gasteiger partial charge >= 0.3 is 0 Å². The van der Waals surface area contributed by atoms with Crippen molar-refractivity contribution in [3.63, 3.8) is 0 Å². The number of allylic oxidation sites excluding steroid dienone is 2. The van der Waals surface area contributed by atoms with Crippen LogP contribution in [0.1, 0.15) is 53.4 Å². The molecule has 104 valence electrons. The Morgan fingerprint density at radius 2 is 2.00 bits per heavy atom. The molecule has 3 N–H and O–H groups in total. The molecule has 0 heterocycles. The molecule has 0 aromatic carbocycles. The second kappa shape index (κ2) is 4.06. The molecular formula is C15H26O3. The van der Waals surface area contributed by atoms with Crippen molar-refractivity contribution >= 4 is 0 Å². The maximum Gasteiger partial charge on any atom is 0.122 e. The minimum atomic E-state index is -1.40. The maximum atomic E-state index is 10.9.